The molecule has 0 aliphatic heterocycles. The first-order valence-electron chi connectivity index (χ1n) is 16.7. The second kappa shape index (κ2) is 30.5. The Kier molecular flexibility index (Phi) is 30.0. The first kappa shape index (κ1) is 62.8. The molecule has 0 amide bonds. The van der Waals surface area contributed by atoms with Crippen molar-refractivity contribution < 1.29 is 60.6 Å². The number of thiol groups is 6. The Labute approximate surface area is 460 Å². The summed E-state index contributed by atoms with van der Waals surface area (Å²) >= 11 is 28.2. The fourth-order valence-electron chi connectivity index (χ4n) is 4.18. The van der Waals surface area contributed by atoms with Crippen LogP contribution < -0.4 is 0 Å². The van der Waals surface area contributed by atoms with E-state index in [1.165, 1.54) is 41.5 Å². The molecule has 0 aliphatic carbocycles. The van der Waals surface area contributed by atoms with E-state index in [2.05, 4.69) is 96.2 Å². The first-order valence-corrected chi connectivity index (χ1v) is 32.9. The molecule has 0 bridgehead atoms. The molecular weight excluding hydrogens is 1220 g/mol. The minimum Gasteiger partial charge on any atom is 0 e. The number of carbonyl (C=O) groups is 6. The van der Waals surface area contributed by atoms with Crippen LogP contribution in [0.25, 0.3) is 0 Å². The fourth-order valence-corrected chi connectivity index (χ4v) is 10.7. The Morgan fingerprint density at radius 1 is 0.391 bits per heavy atom. The molecule has 4 aromatic carbocycles. The van der Waals surface area contributed by atoms with Crippen LogP contribution in [0.1, 0.15) is 41.5 Å². The Morgan fingerprint density at radius 2 is 0.562 bits per heavy atom. The van der Waals surface area contributed by atoms with Crippen LogP contribution in [-0.2, 0) is 60.6 Å². The molecule has 0 aliphatic rings. The largest absolute Gasteiger partial charge is 0 e. The van der Waals surface area contributed by atoms with E-state index in [1.807, 2.05) is 0 Å². The minimum atomic E-state index is -3.11. The van der Waals surface area contributed by atoms with E-state index >= 15 is 0 Å². The predicted octanol–water partition coefficient (Wildman–Crippen LogP) is 16.5. The summed E-state index contributed by atoms with van der Waals surface area (Å²) in [5, 5.41) is 15.6. The normalized spacial score (nSPS) is 11.0. The Bertz CT molecular complexity index is 2220. The van der Waals surface area contributed by atoms with Gasteiger partial charge in [0.2, 0.25) is 0 Å². The second-order valence-corrected chi connectivity index (χ2v) is 37.1. The Morgan fingerprint density at radius 3 is 0.734 bits per heavy atom. The third-order valence-corrected chi connectivity index (χ3v) is 15.0. The molecule has 0 radical (unpaired) electrons. The summed E-state index contributed by atoms with van der Waals surface area (Å²) in [6.45, 7) is 8.35. The summed E-state index contributed by atoms with van der Waals surface area (Å²) in [6, 6.07) is 13.5. The first-order chi connectivity index (χ1) is 29.1. The van der Waals surface area contributed by atoms with Gasteiger partial charge in [-0.15, -0.1) is 75.8 Å². The molecule has 0 saturated carbocycles. The van der Waals surface area contributed by atoms with Crippen molar-refractivity contribution in [1.82, 2.24) is 0 Å². The number of azo groups is 2. The maximum Gasteiger partial charge on any atom is 0 e. The monoisotopic (exact) mass is 1250 g/mol. The molecule has 28 heteroatoms. The quantitative estimate of drug-likeness (QED) is 0.0388. The van der Waals surface area contributed by atoms with Gasteiger partial charge in [-0.3, -0.25) is 28.8 Å². The van der Waals surface area contributed by atoms with Gasteiger partial charge < -0.3 is 0 Å². The smallest absolute Gasteiger partial charge is 0 e. The molecule has 64 heavy (non-hydrogen) atoms. The molecule has 0 fully saturated rings. The van der Waals surface area contributed by atoms with Gasteiger partial charge in [0.1, 0.15) is 0 Å². The molecule has 4 rings (SSSR count). The van der Waals surface area contributed by atoms with Gasteiger partial charge in [-0.1, -0.05) is 47.0 Å². The average Bonchev–Trinajstić information content (AvgIpc) is 3.12. The number of rotatable bonds is 10. The van der Waals surface area contributed by atoms with Crippen molar-refractivity contribution in [1.29, 1.82) is 0 Å². The second-order valence-electron chi connectivity index (χ2n) is 11.6. The Balaban J connectivity index is 0.000000654. The van der Waals surface area contributed by atoms with Crippen LogP contribution in [0.4, 0.5) is 22.7 Å². The number of nitrogens with zero attached hydrogens (tertiary/aromatic N) is 4. The van der Waals surface area contributed by atoms with Crippen LogP contribution in [0.15, 0.2) is 128 Å². The van der Waals surface area contributed by atoms with E-state index in [0.717, 1.165) is 70.6 Å². The topological polar surface area (TPSA) is 152 Å². The Hall–Kier alpha value is 0.798. The average molecular weight is 1260 g/mol. The summed E-state index contributed by atoms with van der Waals surface area (Å²) in [7, 11) is 20.1. The number of hydrogen-bond acceptors (Lipinski definition) is 22. The maximum absolute atomic E-state index is 11.9. The zero-order valence-electron chi connectivity index (χ0n) is 33.7. The van der Waals surface area contributed by atoms with Gasteiger partial charge >= 0.3 is 49.6 Å². The maximum atomic E-state index is 11.9. The van der Waals surface area contributed by atoms with Crippen LogP contribution >= 0.6 is 184 Å². The van der Waals surface area contributed by atoms with Crippen molar-refractivity contribution in [3.63, 3.8) is 0 Å². The molecule has 0 N–H and O–H groups in total. The SMILES string of the molecule is CC(=O)Sc1cc(N=Nc2cc(SC(C)=O)c(SC(C)=O)c(SC(C)=O)c2)cc(SC(C)=O)c1SC(C)=O.Sc1cc(N=Nc2cc(S)c(S)c(S)c2)cc(S)c1S.[Cl][Ti]([Cl])([Cl])[Cl].[Zn]. The molecular formula is C36H32Cl4N4O6S12TiZn. The predicted molar refractivity (Wildman–Crippen MR) is 280 cm³/mol. The van der Waals surface area contributed by atoms with Gasteiger partial charge in [-0.25, -0.2) is 0 Å². The standard InChI is InChI=1S/C24H22N2O6S6.C12H10N2S6.4ClH.Ti.Zn/c1-11(27)33-19-7-17(8-20(34-12(2)28)23(19)37-15(5)31)25-26-18-9-21(35-13(3)29)24(38-16(6)32)22(10-18)36-14(4)30;15-7-1-5(2-8(16)11(7)19)13-14-6-3-9(17)12(20)10(18)4-6;;;;;;/h7-10H,1-6H3;1-4,15-20H;4*1H;;/q;;;;;;+4;/p-4. The van der Waals surface area contributed by atoms with Crippen molar-refractivity contribution in [2.24, 2.45) is 20.5 Å². The van der Waals surface area contributed by atoms with E-state index in [1.54, 1.807) is 48.5 Å². The molecule has 0 saturated heterocycles. The van der Waals surface area contributed by atoms with E-state index in [9.17, 15) is 28.8 Å². The van der Waals surface area contributed by atoms with E-state index in [0.29, 0.717) is 81.5 Å². The number of benzene rings is 4. The summed E-state index contributed by atoms with van der Waals surface area (Å²) in [5.41, 5.74) is 1.95. The summed E-state index contributed by atoms with van der Waals surface area (Å²) in [6.07, 6.45) is 0. The molecule has 0 aromatic heterocycles. The summed E-state index contributed by atoms with van der Waals surface area (Å²) in [5.74, 6) is 0. The van der Waals surface area contributed by atoms with Crippen molar-refractivity contribution >= 4 is 237 Å². The van der Waals surface area contributed by atoms with E-state index in [4.69, 9.17) is 37.2 Å². The third-order valence-electron chi connectivity index (χ3n) is 6.19. The minimum absolute atomic E-state index is 0. The number of halogens is 4. The molecule has 0 spiro atoms. The van der Waals surface area contributed by atoms with E-state index in [-0.39, 0.29) is 50.2 Å². The third kappa shape index (κ3) is 24.6. The molecule has 338 valence electrons. The number of hydrogen-bond donors (Lipinski definition) is 6. The molecule has 0 atom stereocenters. The van der Waals surface area contributed by atoms with Crippen LogP contribution in [0, 0.1) is 0 Å². The van der Waals surface area contributed by atoms with Crippen molar-refractivity contribution in [3.8, 4) is 0 Å². The van der Waals surface area contributed by atoms with Crippen molar-refractivity contribution in [2.45, 2.75) is 100 Å². The molecule has 0 heterocycles. The van der Waals surface area contributed by atoms with Gasteiger partial charge in [0.05, 0.1) is 22.7 Å². The fraction of sp³-hybridized carbons (Fsp3) is 0.167. The molecule has 10 nitrogen and oxygen atoms in total. The van der Waals surface area contributed by atoms with Crippen LogP contribution in [0.5, 0.6) is 0 Å². The van der Waals surface area contributed by atoms with Gasteiger partial charge in [-0.2, -0.15) is 20.5 Å². The van der Waals surface area contributed by atoms with Gasteiger partial charge in [0.15, 0.2) is 30.7 Å². The van der Waals surface area contributed by atoms with Crippen LogP contribution in [0.2, 0.25) is 0 Å². The van der Waals surface area contributed by atoms with Gasteiger partial charge in [0, 0.05) is 120 Å². The van der Waals surface area contributed by atoms with Crippen LogP contribution in [0.3, 0.4) is 0 Å². The van der Waals surface area contributed by atoms with Gasteiger partial charge in [-0.05, 0) is 72.1 Å². The van der Waals surface area contributed by atoms with Crippen LogP contribution in [-0.4, -0.2) is 30.7 Å². The van der Waals surface area contributed by atoms with Crippen molar-refractivity contribution in [3.05, 3.63) is 48.5 Å². The summed E-state index contributed by atoms with van der Waals surface area (Å²) < 4.78 is 0. The molecule has 4 aromatic rings. The summed E-state index contributed by atoms with van der Waals surface area (Å²) in [4.78, 5) is 78.3. The zero-order valence-corrected chi connectivity index (χ0v) is 51.5. The van der Waals surface area contributed by atoms with E-state index < -0.39 is 12.3 Å². The number of thioether (sulfide) groups is 6. The molecule has 0 unspecified atom stereocenters. The number of carbonyl (C=O) groups excluding carboxylic acids is 6. The zero-order chi connectivity index (χ0) is 47.9. The van der Waals surface area contributed by atoms with Gasteiger partial charge in [0.25, 0.3) is 0 Å². The van der Waals surface area contributed by atoms with Crippen molar-refractivity contribution in [2.75, 3.05) is 0 Å².